The summed E-state index contributed by atoms with van der Waals surface area (Å²) in [6.07, 6.45) is -4.87. The quantitative estimate of drug-likeness (QED) is 0.635. The highest BCUT2D eigenvalue weighted by atomic mass is 35.5. The van der Waals surface area contributed by atoms with E-state index in [1.807, 2.05) is 0 Å². The van der Waals surface area contributed by atoms with Gasteiger partial charge in [0.1, 0.15) is 0 Å². The lowest BCUT2D eigenvalue weighted by molar-refractivity contribution is -0.139. The zero-order valence-corrected chi connectivity index (χ0v) is 10.6. The Kier molecular flexibility index (Phi) is 4.78. The Balaban J connectivity index is 3.36. The molecule has 0 N–H and O–H groups in total. The summed E-state index contributed by atoms with van der Waals surface area (Å²) < 4.78 is 42.6. The maximum Gasteiger partial charge on any atom is 0.417 e. The first-order valence-corrected chi connectivity index (χ1v) is 5.62. The van der Waals surface area contributed by atoms with Crippen LogP contribution in [-0.2, 0) is 28.0 Å². The Hall–Kier alpha value is -1.74. The van der Waals surface area contributed by atoms with E-state index in [1.165, 1.54) is 6.07 Å². The standard InChI is InChI=1S/C12H9ClF3NO2/c1-19-11(18)4-7-2-9(6-17)10(12(14,15)16)3-8(7)5-13/h2-3H,4-5H2,1H3. The first-order valence-electron chi connectivity index (χ1n) is 5.09. The number of ether oxygens (including phenoxy) is 1. The minimum atomic E-state index is -4.64. The average Bonchev–Trinajstić information content (AvgIpc) is 2.36. The number of halogens is 4. The van der Waals surface area contributed by atoms with Gasteiger partial charge in [-0.2, -0.15) is 18.4 Å². The number of benzene rings is 1. The van der Waals surface area contributed by atoms with E-state index < -0.39 is 23.3 Å². The van der Waals surface area contributed by atoms with Crippen LogP contribution in [0.3, 0.4) is 0 Å². The number of methoxy groups -OCH3 is 1. The molecule has 3 nitrogen and oxygen atoms in total. The van der Waals surface area contributed by atoms with Gasteiger partial charge in [0.25, 0.3) is 0 Å². The molecule has 0 saturated carbocycles. The molecule has 0 bridgehead atoms. The van der Waals surface area contributed by atoms with Gasteiger partial charge < -0.3 is 4.74 Å². The first kappa shape index (κ1) is 15.3. The molecule has 0 amide bonds. The van der Waals surface area contributed by atoms with Crippen LogP contribution in [0.4, 0.5) is 13.2 Å². The molecule has 0 aromatic heterocycles. The van der Waals surface area contributed by atoms with Crippen LogP contribution in [0.25, 0.3) is 0 Å². The van der Waals surface area contributed by atoms with Crippen molar-refractivity contribution in [3.8, 4) is 6.07 Å². The van der Waals surface area contributed by atoms with Crippen LogP contribution in [0.2, 0.25) is 0 Å². The largest absolute Gasteiger partial charge is 0.469 e. The summed E-state index contributed by atoms with van der Waals surface area (Å²) in [5.74, 6) is -0.809. The Labute approximate surface area is 112 Å². The smallest absolute Gasteiger partial charge is 0.417 e. The van der Waals surface area contributed by atoms with Crippen molar-refractivity contribution in [1.29, 1.82) is 5.26 Å². The SMILES string of the molecule is COC(=O)Cc1cc(C#N)c(C(F)(F)F)cc1CCl. The summed E-state index contributed by atoms with van der Waals surface area (Å²) >= 11 is 5.57. The number of hydrogen-bond acceptors (Lipinski definition) is 3. The first-order chi connectivity index (χ1) is 8.83. The third kappa shape index (κ3) is 3.61. The van der Waals surface area contributed by atoms with E-state index in [9.17, 15) is 18.0 Å². The zero-order valence-electron chi connectivity index (χ0n) is 9.84. The van der Waals surface area contributed by atoms with Gasteiger partial charge in [-0.1, -0.05) is 0 Å². The summed E-state index contributed by atoms with van der Waals surface area (Å²) in [7, 11) is 1.16. The number of nitrogens with zero attached hydrogens (tertiary/aromatic N) is 1. The lowest BCUT2D eigenvalue weighted by Gasteiger charge is -2.13. The van der Waals surface area contributed by atoms with E-state index >= 15 is 0 Å². The van der Waals surface area contributed by atoms with Gasteiger partial charge in [-0.15, -0.1) is 11.6 Å². The lowest BCUT2D eigenvalue weighted by atomic mass is 9.97. The van der Waals surface area contributed by atoms with Crippen LogP contribution in [0.1, 0.15) is 22.3 Å². The Morgan fingerprint density at radius 2 is 2.05 bits per heavy atom. The number of esters is 1. The molecule has 0 unspecified atom stereocenters. The van der Waals surface area contributed by atoms with Gasteiger partial charge in [0, 0.05) is 5.88 Å². The predicted molar refractivity (Wildman–Crippen MR) is 61.4 cm³/mol. The summed E-state index contributed by atoms with van der Waals surface area (Å²) in [4.78, 5) is 11.2. The molecule has 1 aromatic rings. The Morgan fingerprint density at radius 3 is 2.47 bits per heavy atom. The summed E-state index contributed by atoms with van der Waals surface area (Å²) in [5, 5.41) is 8.76. The monoisotopic (exact) mass is 291 g/mol. The average molecular weight is 292 g/mol. The normalized spacial score (nSPS) is 10.9. The highest BCUT2D eigenvalue weighted by Crippen LogP contribution is 2.34. The Bertz CT molecular complexity index is 535. The second-order valence-electron chi connectivity index (χ2n) is 3.66. The lowest BCUT2D eigenvalue weighted by Crippen LogP contribution is -2.12. The van der Waals surface area contributed by atoms with Crippen molar-refractivity contribution in [3.63, 3.8) is 0 Å². The fourth-order valence-corrected chi connectivity index (χ4v) is 1.78. The molecule has 0 atom stereocenters. The van der Waals surface area contributed by atoms with Crippen LogP contribution in [0.5, 0.6) is 0 Å². The number of alkyl halides is 4. The predicted octanol–water partition coefficient (Wildman–Crippen LogP) is 3.03. The molecule has 0 aliphatic carbocycles. The van der Waals surface area contributed by atoms with E-state index in [0.29, 0.717) is 0 Å². The van der Waals surface area contributed by atoms with Crippen LogP contribution in [0, 0.1) is 11.3 Å². The molecule has 0 fully saturated rings. The molecule has 0 saturated heterocycles. The molecule has 102 valence electrons. The minimum Gasteiger partial charge on any atom is -0.469 e. The van der Waals surface area contributed by atoms with Gasteiger partial charge in [0.2, 0.25) is 0 Å². The van der Waals surface area contributed by atoms with Gasteiger partial charge >= 0.3 is 12.1 Å². The third-order valence-electron chi connectivity index (χ3n) is 2.47. The van der Waals surface area contributed by atoms with E-state index in [1.54, 1.807) is 0 Å². The van der Waals surface area contributed by atoms with Gasteiger partial charge in [0.15, 0.2) is 0 Å². The molecule has 0 aliphatic heterocycles. The van der Waals surface area contributed by atoms with Gasteiger partial charge in [-0.3, -0.25) is 4.79 Å². The number of hydrogen-bond donors (Lipinski definition) is 0. The van der Waals surface area contributed by atoms with Crippen molar-refractivity contribution >= 4 is 17.6 Å². The highest BCUT2D eigenvalue weighted by Gasteiger charge is 2.34. The molecule has 0 aliphatic rings. The van der Waals surface area contributed by atoms with Crippen LogP contribution < -0.4 is 0 Å². The van der Waals surface area contributed by atoms with Crippen molar-refractivity contribution in [2.45, 2.75) is 18.5 Å². The maximum atomic E-state index is 12.7. The fourth-order valence-electron chi connectivity index (χ4n) is 1.53. The Morgan fingerprint density at radius 1 is 1.42 bits per heavy atom. The maximum absolute atomic E-state index is 12.7. The van der Waals surface area contributed by atoms with Crippen LogP contribution in [-0.4, -0.2) is 13.1 Å². The third-order valence-corrected chi connectivity index (χ3v) is 2.76. The van der Waals surface area contributed by atoms with Crippen molar-refractivity contribution in [2.75, 3.05) is 7.11 Å². The fraction of sp³-hybridized carbons (Fsp3) is 0.333. The molecule has 1 aromatic carbocycles. The van der Waals surface area contributed by atoms with E-state index in [2.05, 4.69) is 4.74 Å². The number of carbonyl (C=O) groups is 1. The molecule has 19 heavy (non-hydrogen) atoms. The zero-order chi connectivity index (χ0) is 14.6. The topological polar surface area (TPSA) is 50.1 Å². The second kappa shape index (κ2) is 5.93. The molecular formula is C12H9ClF3NO2. The van der Waals surface area contributed by atoms with Crippen molar-refractivity contribution in [3.05, 3.63) is 34.4 Å². The number of carbonyl (C=O) groups excluding carboxylic acids is 1. The van der Waals surface area contributed by atoms with Gasteiger partial charge in [-0.05, 0) is 23.3 Å². The van der Waals surface area contributed by atoms with Crippen molar-refractivity contribution < 1.29 is 22.7 Å². The second-order valence-corrected chi connectivity index (χ2v) is 3.93. The van der Waals surface area contributed by atoms with Crippen molar-refractivity contribution in [2.24, 2.45) is 0 Å². The summed E-state index contributed by atoms with van der Waals surface area (Å²) in [6.45, 7) is 0. The number of rotatable bonds is 3. The molecule has 7 heteroatoms. The molecule has 1 rings (SSSR count). The van der Waals surface area contributed by atoms with E-state index in [-0.39, 0.29) is 23.4 Å². The van der Waals surface area contributed by atoms with Gasteiger partial charge in [0.05, 0.1) is 30.7 Å². The highest BCUT2D eigenvalue weighted by molar-refractivity contribution is 6.17. The van der Waals surface area contributed by atoms with Crippen LogP contribution >= 0.6 is 11.6 Å². The summed E-state index contributed by atoms with van der Waals surface area (Å²) in [6, 6.07) is 3.29. The minimum absolute atomic E-state index is 0.151. The molecule has 0 radical (unpaired) electrons. The summed E-state index contributed by atoms with van der Waals surface area (Å²) in [5.41, 5.74) is -1.19. The van der Waals surface area contributed by atoms with Gasteiger partial charge in [-0.25, -0.2) is 0 Å². The van der Waals surface area contributed by atoms with Crippen molar-refractivity contribution in [1.82, 2.24) is 0 Å². The molecular weight excluding hydrogens is 283 g/mol. The van der Waals surface area contributed by atoms with Crippen LogP contribution in [0.15, 0.2) is 12.1 Å². The molecule has 0 heterocycles. The van der Waals surface area contributed by atoms with E-state index in [4.69, 9.17) is 16.9 Å². The van der Waals surface area contributed by atoms with E-state index in [0.717, 1.165) is 19.2 Å². The molecule has 0 spiro atoms. The number of nitriles is 1.